The first-order valence-electron chi connectivity index (χ1n) is 9.86. The van der Waals surface area contributed by atoms with Crippen molar-refractivity contribution in [3.05, 3.63) is 36.3 Å². The number of hydrogen-bond donors (Lipinski definition) is 0. The van der Waals surface area contributed by atoms with Gasteiger partial charge in [0.1, 0.15) is 11.3 Å². The van der Waals surface area contributed by atoms with E-state index in [9.17, 15) is 0 Å². The normalized spacial score (nSPS) is 12.3. The molecule has 0 saturated heterocycles. The first kappa shape index (κ1) is 19.2. The van der Waals surface area contributed by atoms with Crippen molar-refractivity contribution >= 4 is 33.7 Å². The Kier molecular flexibility index (Phi) is 6.23. The zero-order valence-electron chi connectivity index (χ0n) is 16.6. The number of imidazole rings is 1. The maximum Gasteiger partial charge on any atom is 0.109 e. The molecular weight excluding hydrogens is 338 g/mol. The van der Waals surface area contributed by atoms with E-state index in [1.807, 2.05) is 6.20 Å². The summed E-state index contributed by atoms with van der Waals surface area (Å²) in [5.74, 6) is 2.45. The maximum atomic E-state index is 4.93. The molecule has 0 aliphatic rings. The molecule has 4 heteroatoms. The third kappa shape index (κ3) is 4.59. The van der Waals surface area contributed by atoms with Crippen molar-refractivity contribution < 1.29 is 0 Å². The zero-order valence-corrected chi connectivity index (χ0v) is 17.4. The van der Waals surface area contributed by atoms with E-state index in [0.29, 0.717) is 4.75 Å². The van der Waals surface area contributed by atoms with Crippen LogP contribution in [0.1, 0.15) is 59.2 Å². The fourth-order valence-electron chi connectivity index (χ4n) is 3.33. The molecule has 0 aliphatic carbocycles. The Balaban J connectivity index is 1.86. The predicted octanol–water partition coefficient (Wildman–Crippen LogP) is 6.24. The smallest absolute Gasteiger partial charge is 0.109 e. The largest absolute Gasteiger partial charge is 0.327 e. The summed E-state index contributed by atoms with van der Waals surface area (Å²) in [4.78, 5) is 9.54. The zero-order chi connectivity index (χ0) is 18.6. The molecule has 0 atom stereocenters. The molecular formula is C22H31N3S. The van der Waals surface area contributed by atoms with Crippen LogP contribution in [0.15, 0.2) is 30.5 Å². The van der Waals surface area contributed by atoms with Gasteiger partial charge in [-0.1, -0.05) is 52.3 Å². The van der Waals surface area contributed by atoms with Crippen molar-refractivity contribution in [2.24, 2.45) is 0 Å². The Morgan fingerprint density at radius 2 is 1.85 bits per heavy atom. The van der Waals surface area contributed by atoms with Crippen LogP contribution in [-0.4, -0.2) is 25.0 Å². The van der Waals surface area contributed by atoms with Crippen molar-refractivity contribution in [3.8, 4) is 0 Å². The molecule has 26 heavy (non-hydrogen) atoms. The molecule has 0 bridgehead atoms. The summed E-state index contributed by atoms with van der Waals surface area (Å²) < 4.78 is 2.83. The molecule has 0 aliphatic heterocycles. The highest BCUT2D eigenvalue weighted by molar-refractivity contribution is 8.00. The summed E-state index contributed by atoms with van der Waals surface area (Å²) in [5.41, 5.74) is 3.37. The van der Waals surface area contributed by atoms with Gasteiger partial charge in [0, 0.05) is 23.1 Å². The second kappa shape index (κ2) is 8.43. The van der Waals surface area contributed by atoms with E-state index in [4.69, 9.17) is 4.98 Å². The van der Waals surface area contributed by atoms with Crippen LogP contribution in [0.5, 0.6) is 0 Å². The van der Waals surface area contributed by atoms with Crippen LogP contribution in [0.4, 0.5) is 0 Å². The van der Waals surface area contributed by atoms with Gasteiger partial charge in [-0.2, -0.15) is 11.8 Å². The van der Waals surface area contributed by atoms with Gasteiger partial charge < -0.3 is 4.57 Å². The van der Waals surface area contributed by atoms with Gasteiger partial charge in [0.2, 0.25) is 0 Å². The molecule has 3 aromatic rings. The van der Waals surface area contributed by atoms with Crippen molar-refractivity contribution in [3.63, 3.8) is 0 Å². The minimum absolute atomic E-state index is 0.357. The number of thioether (sulfide) groups is 1. The molecule has 0 unspecified atom stereocenters. The quantitative estimate of drug-likeness (QED) is 0.440. The van der Waals surface area contributed by atoms with Crippen LogP contribution in [0.3, 0.4) is 0 Å². The Bertz CT molecular complexity index is 861. The highest BCUT2D eigenvalue weighted by Crippen LogP contribution is 2.27. The summed E-state index contributed by atoms with van der Waals surface area (Å²) >= 11 is 2.06. The van der Waals surface area contributed by atoms with E-state index in [1.54, 1.807) is 0 Å². The fraction of sp³-hybridized carbons (Fsp3) is 0.545. The van der Waals surface area contributed by atoms with Crippen LogP contribution in [-0.2, 0) is 13.0 Å². The number of rotatable bonds is 8. The fourth-order valence-corrected chi connectivity index (χ4v) is 4.29. The predicted molar refractivity (Wildman–Crippen MR) is 115 cm³/mol. The van der Waals surface area contributed by atoms with Crippen LogP contribution in [0.2, 0.25) is 0 Å². The number of nitrogens with zero attached hydrogens (tertiary/aromatic N) is 3. The molecule has 3 nitrogen and oxygen atoms in total. The number of para-hydroxylation sites is 1. The second-order valence-corrected chi connectivity index (χ2v) is 9.88. The van der Waals surface area contributed by atoms with Gasteiger partial charge in [0.25, 0.3) is 0 Å². The molecule has 0 spiro atoms. The van der Waals surface area contributed by atoms with Gasteiger partial charge in [-0.25, -0.2) is 4.98 Å². The average molecular weight is 370 g/mol. The molecule has 2 aromatic heterocycles. The molecule has 2 heterocycles. The molecule has 0 saturated carbocycles. The summed E-state index contributed by atoms with van der Waals surface area (Å²) in [6.45, 7) is 10.2. The highest BCUT2D eigenvalue weighted by Gasteiger charge is 2.14. The molecule has 0 N–H and O–H groups in total. The molecule has 0 fully saturated rings. The van der Waals surface area contributed by atoms with Gasteiger partial charge in [-0.15, -0.1) is 0 Å². The number of fused-ring (bicyclic) bond motifs is 3. The van der Waals surface area contributed by atoms with Gasteiger partial charge in [0.15, 0.2) is 0 Å². The van der Waals surface area contributed by atoms with Gasteiger partial charge >= 0.3 is 0 Å². The number of benzene rings is 1. The third-order valence-electron chi connectivity index (χ3n) is 4.62. The topological polar surface area (TPSA) is 30.7 Å². The van der Waals surface area contributed by atoms with Crippen molar-refractivity contribution in [2.45, 2.75) is 71.1 Å². The number of aryl methyl sites for hydroxylation is 2. The lowest BCUT2D eigenvalue weighted by Crippen LogP contribution is -2.09. The lowest BCUT2D eigenvalue weighted by molar-refractivity contribution is 0.606. The third-order valence-corrected chi connectivity index (χ3v) is 5.98. The summed E-state index contributed by atoms with van der Waals surface area (Å²) in [5, 5.41) is 1.23. The maximum absolute atomic E-state index is 4.93. The highest BCUT2D eigenvalue weighted by atomic mass is 32.2. The molecule has 1 aromatic carbocycles. The van der Waals surface area contributed by atoms with E-state index in [0.717, 1.165) is 24.0 Å². The second-order valence-electron chi connectivity index (χ2n) is 7.96. The lowest BCUT2D eigenvalue weighted by atomic mass is 10.2. The van der Waals surface area contributed by atoms with E-state index < -0.39 is 0 Å². The van der Waals surface area contributed by atoms with Crippen molar-refractivity contribution in [2.75, 3.05) is 5.75 Å². The van der Waals surface area contributed by atoms with Crippen LogP contribution in [0.25, 0.3) is 21.9 Å². The van der Waals surface area contributed by atoms with E-state index in [-0.39, 0.29) is 0 Å². The molecule has 0 radical (unpaired) electrons. The first-order chi connectivity index (χ1) is 12.5. The van der Waals surface area contributed by atoms with E-state index >= 15 is 0 Å². The van der Waals surface area contributed by atoms with Crippen LogP contribution >= 0.6 is 11.8 Å². The summed E-state index contributed by atoms with van der Waals surface area (Å²) in [6, 6.07) is 8.44. The Labute approximate surface area is 161 Å². The van der Waals surface area contributed by atoms with Crippen molar-refractivity contribution in [1.82, 2.24) is 14.5 Å². The van der Waals surface area contributed by atoms with Crippen LogP contribution < -0.4 is 0 Å². The Morgan fingerprint density at radius 3 is 2.62 bits per heavy atom. The number of aromatic nitrogens is 3. The number of unbranched alkanes of at least 4 members (excludes halogenated alkanes) is 2. The van der Waals surface area contributed by atoms with E-state index in [1.165, 1.54) is 48.2 Å². The van der Waals surface area contributed by atoms with Crippen LogP contribution in [0, 0.1) is 0 Å². The van der Waals surface area contributed by atoms with Gasteiger partial charge in [0.05, 0.1) is 17.2 Å². The molecule has 140 valence electrons. The minimum atomic E-state index is 0.357. The first-order valence-corrected chi connectivity index (χ1v) is 10.8. The number of pyridine rings is 1. The lowest BCUT2D eigenvalue weighted by Gasteiger charge is -2.17. The average Bonchev–Trinajstić information content (AvgIpc) is 2.96. The molecule has 3 rings (SSSR count). The Hall–Kier alpha value is -1.55. The number of hydrogen-bond acceptors (Lipinski definition) is 3. The minimum Gasteiger partial charge on any atom is -0.327 e. The standard InChI is InChI=1S/C22H31N3S/c1-5-6-13-20-24-19-16-23-18-12-8-7-11-17(18)21(19)25(20)14-9-10-15-26-22(2,3)4/h7-8,11-12,16H,5-6,9-10,13-15H2,1-4H3. The monoisotopic (exact) mass is 369 g/mol. The van der Waals surface area contributed by atoms with E-state index in [2.05, 4.69) is 73.3 Å². The van der Waals surface area contributed by atoms with Gasteiger partial charge in [-0.3, -0.25) is 4.98 Å². The van der Waals surface area contributed by atoms with Gasteiger partial charge in [-0.05, 0) is 31.1 Å². The summed E-state index contributed by atoms with van der Waals surface area (Å²) in [7, 11) is 0. The summed E-state index contributed by atoms with van der Waals surface area (Å²) in [6.07, 6.45) is 7.83. The SMILES string of the molecule is CCCCc1nc2cnc3ccccc3c2n1CCCCSC(C)(C)C. The Morgan fingerprint density at radius 1 is 1.04 bits per heavy atom. The van der Waals surface area contributed by atoms with Crippen molar-refractivity contribution in [1.29, 1.82) is 0 Å². The molecule has 0 amide bonds.